The highest BCUT2D eigenvalue weighted by Gasteiger charge is 2.18. The van der Waals surface area contributed by atoms with Crippen molar-refractivity contribution in [3.63, 3.8) is 0 Å². The Hall–Kier alpha value is -1.90. The molecule has 5 nitrogen and oxygen atoms in total. The van der Waals surface area contributed by atoms with Crippen molar-refractivity contribution in [1.82, 2.24) is 10.2 Å². The molecule has 1 aromatic rings. The maximum atomic E-state index is 11.9. The number of amides is 1. The third kappa shape index (κ3) is 5.55. The standard InChI is InChI=1S/C18H23ClN4O.ClH/c1-14-4-3-5-17(15(14)2)23-10-8-22(9-11-23)13-16(12-20)18(24)21-7-6-19;/h3-5,13H,6-11H2,1-2H3,(H,21,24);1H/b16-13-;. The van der Waals surface area contributed by atoms with Crippen LogP contribution < -0.4 is 10.2 Å². The highest BCUT2D eigenvalue weighted by molar-refractivity contribution is 6.18. The number of carbonyl (C=O) groups is 1. The summed E-state index contributed by atoms with van der Waals surface area (Å²) in [4.78, 5) is 16.3. The van der Waals surface area contributed by atoms with E-state index in [1.54, 1.807) is 6.20 Å². The number of hydrogen-bond acceptors (Lipinski definition) is 4. The van der Waals surface area contributed by atoms with Crippen LogP contribution in [0, 0.1) is 25.2 Å². The van der Waals surface area contributed by atoms with Gasteiger partial charge in [-0.15, -0.1) is 24.0 Å². The number of hydrogen-bond donors (Lipinski definition) is 1. The SMILES string of the molecule is Cc1cccc(N2CCN(/C=C(/C#N)C(=O)NCCCl)CC2)c1C.Cl. The molecular formula is C18H24Cl2N4O. The number of aryl methyl sites for hydroxylation is 1. The predicted molar refractivity (Wildman–Crippen MR) is 104 cm³/mol. The summed E-state index contributed by atoms with van der Waals surface area (Å²) in [5, 5.41) is 11.8. The Bertz CT molecular complexity index is 662. The first kappa shape index (κ1) is 21.1. The maximum Gasteiger partial charge on any atom is 0.263 e. The van der Waals surface area contributed by atoms with Gasteiger partial charge in [0.2, 0.25) is 0 Å². The van der Waals surface area contributed by atoms with Crippen molar-refractivity contribution in [1.29, 1.82) is 5.26 Å². The minimum Gasteiger partial charge on any atom is -0.373 e. The molecule has 1 aromatic carbocycles. The van der Waals surface area contributed by atoms with Gasteiger partial charge in [-0.2, -0.15) is 5.26 Å². The first-order valence-corrected chi connectivity index (χ1v) is 8.61. The van der Waals surface area contributed by atoms with Crippen molar-refractivity contribution in [2.24, 2.45) is 0 Å². The second kappa shape index (κ2) is 10.2. The summed E-state index contributed by atoms with van der Waals surface area (Å²) in [6.45, 7) is 7.91. The smallest absolute Gasteiger partial charge is 0.263 e. The molecule has 0 unspecified atom stereocenters. The minimum atomic E-state index is -0.366. The third-order valence-corrected chi connectivity index (χ3v) is 4.48. The first-order valence-electron chi connectivity index (χ1n) is 8.08. The van der Waals surface area contributed by atoms with E-state index in [0.717, 1.165) is 26.2 Å². The molecule has 1 aliphatic rings. The van der Waals surface area contributed by atoms with Crippen molar-refractivity contribution >= 4 is 35.6 Å². The van der Waals surface area contributed by atoms with Crippen LogP contribution in [0.5, 0.6) is 0 Å². The van der Waals surface area contributed by atoms with E-state index in [2.05, 4.69) is 42.3 Å². The van der Waals surface area contributed by atoms with E-state index in [1.807, 2.05) is 11.0 Å². The average Bonchev–Trinajstić information content (AvgIpc) is 2.60. The summed E-state index contributed by atoms with van der Waals surface area (Å²) < 4.78 is 0. The number of carbonyl (C=O) groups excluding carboxylic acids is 1. The van der Waals surface area contributed by atoms with Gasteiger partial charge >= 0.3 is 0 Å². The molecule has 0 aliphatic carbocycles. The summed E-state index contributed by atoms with van der Waals surface area (Å²) in [6.07, 6.45) is 1.66. The zero-order chi connectivity index (χ0) is 17.5. The monoisotopic (exact) mass is 382 g/mol. The van der Waals surface area contributed by atoms with Crippen LogP contribution in [0.25, 0.3) is 0 Å². The summed E-state index contributed by atoms with van der Waals surface area (Å²) in [6, 6.07) is 8.32. The predicted octanol–water partition coefficient (Wildman–Crippen LogP) is 2.61. The lowest BCUT2D eigenvalue weighted by Gasteiger charge is -2.36. The number of rotatable bonds is 5. The third-order valence-electron chi connectivity index (χ3n) is 4.29. The molecule has 25 heavy (non-hydrogen) atoms. The topological polar surface area (TPSA) is 59.4 Å². The Kier molecular flexibility index (Phi) is 8.60. The van der Waals surface area contributed by atoms with Crippen LogP contribution in [0.2, 0.25) is 0 Å². The Morgan fingerprint density at radius 3 is 2.60 bits per heavy atom. The van der Waals surface area contributed by atoms with E-state index in [0.29, 0.717) is 12.4 Å². The first-order chi connectivity index (χ1) is 11.6. The molecule has 1 saturated heterocycles. The molecule has 0 saturated carbocycles. The molecule has 7 heteroatoms. The molecular weight excluding hydrogens is 359 g/mol. The van der Waals surface area contributed by atoms with Gasteiger partial charge in [0.15, 0.2) is 0 Å². The quantitative estimate of drug-likeness (QED) is 0.483. The molecule has 0 bridgehead atoms. The summed E-state index contributed by atoms with van der Waals surface area (Å²) >= 11 is 5.55. The maximum absolute atomic E-state index is 11.9. The van der Waals surface area contributed by atoms with Crippen molar-refractivity contribution in [2.45, 2.75) is 13.8 Å². The van der Waals surface area contributed by atoms with E-state index >= 15 is 0 Å². The van der Waals surface area contributed by atoms with Gasteiger partial charge in [0.05, 0.1) is 0 Å². The van der Waals surface area contributed by atoms with Crippen molar-refractivity contribution in [3.05, 3.63) is 41.1 Å². The Balaban J connectivity index is 0.00000312. The van der Waals surface area contributed by atoms with Crippen LogP contribution in [-0.4, -0.2) is 49.4 Å². The van der Waals surface area contributed by atoms with Crippen molar-refractivity contribution < 1.29 is 4.79 Å². The summed E-state index contributed by atoms with van der Waals surface area (Å²) in [5.41, 5.74) is 3.98. The number of piperazine rings is 1. The Labute approximate surface area is 160 Å². The lowest BCUT2D eigenvalue weighted by atomic mass is 10.1. The molecule has 0 radical (unpaired) electrons. The van der Waals surface area contributed by atoms with Gasteiger partial charge in [-0.25, -0.2) is 0 Å². The number of nitrogens with one attached hydrogen (secondary N) is 1. The average molecular weight is 383 g/mol. The van der Waals surface area contributed by atoms with Crippen LogP contribution in [0.3, 0.4) is 0 Å². The van der Waals surface area contributed by atoms with E-state index < -0.39 is 0 Å². The normalized spacial score (nSPS) is 14.6. The minimum absolute atomic E-state index is 0. The van der Waals surface area contributed by atoms with E-state index in [9.17, 15) is 10.1 Å². The van der Waals surface area contributed by atoms with E-state index in [4.69, 9.17) is 11.6 Å². The molecule has 0 aromatic heterocycles. The van der Waals surface area contributed by atoms with Gasteiger partial charge in [0.1, 0.15) is 11.6 Å². The van der Waals surface area contributed by atoms with Crippen LogP contribution in [0.15, 0.2) is 30.0 Å². The van der Waals surface area contributed by atoms with Crippen LogP contribution in [-0.2, 0) is 4.79 Å². The molecule has 1 heterocycles. The number of anilines is 1. The summed E-state index contributed by atoms with van der Waals surface area (Å²) in [7, 11) is 0. The molecule has 0 atom stereocenters. The van der Waals surface area contributed by atoms with Gasteiger partial charge < -0.3 is 15.1 Å². The Morgan fingerprint density at radius 1 is 1.32 bits per heavy atom. The van der Waals surface area contributed by atoms with E-state index in [1.165, 1.54) is 16.8 Å². The van der Waals surface area contributed by atoms with Crippen molar-refractivity contribution in [2.75, 3.05) is 43.5 Å². The lowest BCUT2D eigenvalue weighted by Crippen LogP contribution is -2.44. The summed E-state index contributed by atoms with van der Waals surface area (Å²) in [5.74, 6) is -0.0333. The van der Waals surface area contributed by atoms with Gasteiger partial charge in [-0.05, 0) is 31.0 Å². The van der Waals surface area contributed by atoms with Crippen molar-refractivity contribution in [3.8, 4) is 6.07 Å². The number of benzene rings is 1. The number of alkyl halides is 1. The second-order valence-electron chi connectivity index (χ2n) is 5.84. The van der Waals surface area contributed by atoms with Gasteiger partial charge in [-0.3, -0.25) is 4.79 Å². The Morgan fingerprint density at radius 2 is 2.00 bits per heavy atom. The van der Waals surface area contributed by atoms with Gasteiger partial charge in [0.25, 0.3) is 5.91 Å². The van der Waals surface area contributed by atoms with Crippen LogP contribution in [0.1, 0.15) is 11.1 Å². The highest BCUT2D eigenvalue weighted by Crippen LogP contribution is 2.23. The molecule has 1 N–H and O–H groups in total. The molecule has 2 rings (SSSR count). The fourth-order valence-electron chi connectivity index (χ4n) is 2.75. The lowest BCUT2D eigenvalue weighted by molar-refractivity contribution is -0.117. The number of nitrogens with zero attached hydrogens (tertiary/aromatic N) is 3. The van der Waals surface area contributed by atoms with Gasteiger partial charge in [0, 0.05) is 50.5 Å². The van der Waals surface area contributed by atoms with Gasteiger partial charge in [-0.1, -0.05) is 12.1 Å². The zero-order valence-corrected chi connectivity index (χ0v) is 16.2. The second-order valence-corrected chi connectivity index (χ2v) is 6.22. The largest absolute Gasteiger partial charge is 0.373 e. The van der Waals surface area contributed by atoms with Crippen LogP contribution in [0.4, 0.5) is 5.69 Å². The van der Waals surface area contributed by atoms with Crippen LogP contribution >= 0.6 is 24.0 Å². The molecule has 0 spiro atoms. The highest BCUT2D eigenvalue weighted by atomic mass is 35.5. The zero-order valence-electron chi connectivity index (χ0n) is 14.6. The fraction of sp³-hybridized carbons (Fsp3) is 0.444. The number of nitriles is 1. The number of halogens is 2. The molecule has 136 valence electrons. The molecule has 1 aliphatic heterocycles. The molecule has 1 amide bonds. The van der Waals surface area contributed by atoms with E-state index in [-0.39, 0.29) is 23.9 Å². The fourth-order valence-corrected chi connectivity index (χ4v) is 2.84. The molecule has 1 fully saturated rings.